The highest BCUT2D eigenvalue weighted by atomic mass is 16.2. The highest BCUT2D eigenvalue weighted by Gasteiger charge is 2.50. The molecule has 2 atom stereocenters. The van der Waals surface area contributed by atoms with Crippen molar-refractivity contribution in [1.82, 2.24) is 10.6 Å². The standard InChI is InChI=1S/C18H26N2O3/c1-9-14(18(6,7)20-11(3)21)16(23)12-8-17(4,5)19-10(2)13(12)15(9)22/h8-9,14,19H,1-7H3,(H,20,21). The summed E-state index contributed by atoms with van der Waals surface area (Å²) in [7, 11) is 0. The van der Waals surface area contributed by atoms with Gasteiger partial charge < -0.3 is 10.6 Å². The minimum absolute atomic E-state index is 0.0419. The van der Waals surface area contributed by atoms with Crippen LogP contribution in [0.2, 0.25) is 0 Å². The number of amides is 1. The lowest BCUT2D eigenvalue weighted by Gasteiger charge is -2.43. The van der Waals surface area contributed by atoms with Crippen LogP contribution in [0.25, 0.3) is 0 Å². The van der Waals surface area contributed by atoms with Gasteiger partial charge in [0.05, 0.1) is 11.5 Å². The van der Waals surface area contributed by atoms with Crippen LogP contribution in [0.4, 0.5) is 0 Å². The number of carbonyl (C=O) groups is 3. The van der Waals surface area contributed by atoms with E-state index < -0.39 is 17.4 Å². The Morgan fingerprint density at radius 1 is 1.26 bits per heavy atom. The summed E-state index contributed by atoms with van der Waals surface area (Å²) in [6, 6.07) is 0. The topological polar surface area (TPSA) is 75.3 Å². The molecule has 23 heavy (non-hydrogen) atoms. The Balaban J connectivity index is 2.55. The van der Waals surface area contributed by atoms with Crippen LogP contribution in [0.15, 0.2) is 22.9 Å². The van der Waals surface area contributed by atoms with E-state index in [4.69, 9.17) is 0 Å². The summed E-state index contributed by atoms with van der Waals surface area (Å²) in [6.45, 7) is 12.6. The first-order chi connectivity index (χ1) is 10.4. The largest absolute Gasteiger partial charge is 0.380 e. The van der Waals surface area contributed by atoms with E-state index in [2.05, 4.69) is 10.6 Å². The molecule has 0 aromatic carbocycles. The van der Waals surface area contributed by atoms with Crippen molar-refractivity contribution in [2.24, 2.45) is 11.8 Å². The molecule has 2 unspecified atom stereocenters. The van der Waals surface area contributed by atoms with Crippen molar-refractivity contribution >= 4 is 17.5 Å². The van der Waals surface area contributed by atoms with Crippen LogP contribution in [-0.2, 0) is 14.4 Å². The molecule has 0 radical (unpaired) electrons. The van der Waals surface area contributed by atoms with Gasteiger partial charge >= 0.3 is 0 Å². The molecule has 2 rings (SSSR count). The molecule has 0 saturated heterocycles. The highest BCUT2D eigenvalue weighted by molar-refractivity contribution is 6.20. The first kappa shape index (κ1) is 17.4. The summed E-state index contributed by atoms with van der Waals surface area (Å²) >= 11 is 0. The van der Waals surface area contributed by atoms with E-state index in [1.54, 1.807) is 20.8 Å². The van der Waals surface area contributed by atoms with Crippen molar-refractivity contribution in [3.8, 4) is 0 Å². The Morgan fingerprint density at radius 2 is 1.83 bits per heavy atom. The lowest BCUT2D eigenvalue weighted by molar-refractivity contribution is -0.134. The Bertz CT molecular complexity index is 653. The number of ketones is 2. The molecule has 0 aromatic heterocycles. The third-order valence-electron chi connectivity index (χ3n) is 4.64. The Kier molecular flexibility index (Phi) is 4.04. The van der Waals surface area contributed by atoms with Crippen molar-refractivity contribution in [3.05, 3.63) is 22.9 Å². The maximum absolute atomic E-state index is 13.1. The summed E-state index contributed by atoms with van der Waals surface area (Å²) in [6.07, 6.45) is 1.83. The summed E-state index contributed by atoms with van der Waals surface area (Å²) in [5.41, 5.74) is 0.554. The van der Waals surface area contributed by atoms with Gasteiger partial charge in [-0.15, -0.1) is 0 Å². The lowest BCUT2D eigenvalue weighted by Crippen LogP contribution is -2.58. The van der Waals surface area contributed by atoms with Crippen LogP contribution < -0.4 is 10.6 Å². The van der Waals surface area contributed by atoms with Crippen molar-refractivity contribution < 1.29 is 14.4 Å². The first-order valence-corrected chi connectivity index (χ1v) is 7.97. The van der Waals surface area contributed by atoms with Gasteiger partial charge in [0.1, 0.15) is 0 Å². The molecule has 1 fully saturated rings. The molecule has 1 aliphatic heterocycles. The summed E-state index contributed by atoms with van der Waals surface area (Å²) < 4.78 is 0. The molecular weight excluding hydrogens is 292 g/mol. The molecule has 5 nitrogen and oxygen atoms in total. The Hall–Kier alpha value is -1.91. The lowest BCUT2D eigenvalue weighted by atomic mass is 9.64. The fourth-order valence-corrected chi connectivity index (χ4v) is 3.99. The van der Waals surface area contributed by atoms with Crippen molar-refractivity contribution in [3.63, 3.8) is 0 Å². The van der Waals surface area contributed by atoms with Crippen molar-refractivity contribution in [1.29, 1.82) is 0 Å². The van der Waals surface area contributed by atoms with E-state index in [1.165, 1.54) is 6.92 Å². The van der Waals surface area contributed by atoms with E-state index in [9.17, 15) is 14.4 Å². The summed E-state index contributed by atoms with van der Waals surface area (Å²) in [5.74, 6) is -1.37. The van der Waals surface area contributed by atoms with E-state index in [-0.39, 0.29) is 23.0 Å². The maximum atomic E-state index is 13.1. The van der Waals surface area contributed by atoms with Crippen molar-refractivity contribution in [2.45, 2.75) is 59.5 Å². The molecule has 0 aromatic rings. The van der Waals surface area contributed by atoms with Crippen molar-refractivity contribution in [2.75, 3.05) is 0 Å². The van der Waals surface area contributed by atoms with Crippen LogP contribution in [-0.4, -0.2) is 28.6 Å². The van der Waals surface area contributed by atoms with Gasteiger partial charge in [0, 0.05) is 35.2 Å². The summed E-state index contributed by atoms with van der Waals surface area (Å²) in [5, 5.41) is 6.10. The van der Waals surface area contributed by atoms with E-state index in [0.717, 1.165) is 5.70 Å². The van der Waals surface area contributed by atoms with Crippen LogP contribution >= 0.6 is 0 Å². The second kappa shape index (κ2) is 5.32. The van der Waals surface area contributed by atoms with Gasteiger partial charge in [-0.05, 0) is 40.7 Å². The van der Waals surface area contributed by atoms with Crippen LogP contribution in [0, 0.1) is 11.8 Å². The summed E-state index contributed by atoms with van der Waals surface area (Å²) in [4.78, 5) is 37.5. The molecule has 126 valence electrons. The number of fused-ring (bicyclic) bond motifs is 1. The quantitative estimate of drug-likeness (QED) is 0.815. The predicted molar refractivity (Wildman–Crippen MR) is 88.6 cm³/mol. The first-order valence-electron chi connectivity index (χ1n) is 7.97. The molecule has 1 amide bonds. The molecule has 5 heteroatoms. The maximum Gasteiger partial charge on any atom is 0.217 e. The molecule has 1 aliphatic carbocycles. The zero-order valence-electron chi connectivity index (χ0n) is 15.0. The van der Waals surface area contributed by atoms with Crippen LogP contribution in [0.1, 0.15) is 48.5 Å². The number of dihydropyridines is 1. The molecule has 2 N–H and O–H groups in total. The SMILES string of the molecule is CC(=O)NC(C)(C)C1C(=O)C2=CC(C)(C)NC(C)=C2C(=O)C1C. The van der Waals surface area contributed by atoms with Gasteiger partial charge in [-0.2, -0.15) is 0 Å². The van der Waals surface area contributed by atoms with E-state index >= 15 is 0 Å². The van der Waals surface area contributed by atoms with Gasteiger partial charge in [-0.3, -0.25) is 14.4 Å². The third kappa shape index (κ3) is 2.96. The van der Waals surface area contributed by atoms with Gasteiger partial charge in [-0.1, -0.05) is 6.92 Å². The minimum atomic E-state index is -0.784. The minimum Gasteiger partial charge on any atom is -0.380 e. The monoisotopic (exact) mass is 318 g/mol. The van der Waals surface area contributed by atoms with Gasteiger partial charge in [0.2, 0.25) is 5.91 Å². The van der Waals surface area contributed by atoms with E-state index in [0.29, 0.717) is 11.1 Å². The molecule has 2 aliphatic rings. The molecule has 1 saturated carbocycles. The number of hydrogen-bond donors (Lipinski definition) is 2. The fourth-order valence-electron chi connectivity index (χ4n) is 3.99. The normalized spacial score (nSPS) is 27.2. The number of nitrogens with one attached hydrogen (secondary N) is 2. The second-order valence-corrected chi connectivity index (χ2v) is 7.80. The van der Waals surface area contributed by atoms with E-state index in [1.807, 2.05) is 26.8 Å². The zero-order valence-corrected chi connectivity index (χ0v) is 15.0. The average Bonchev–Trinajstić information content (AvgIpc) is 2.32. The predicted octanol–water partition coefficient (Wildman–Crippen LogP) is 1.89. The molecule has 1 heterocycles. The molecular formula is C18H26N2O3. The zero-order chi connectivity index (χ0) is 17.7. The number of rotatable bonds is 2. The number of hydrogen-bond acceptors (Lipinski definition) is 4. The van der Waals surface area contributed by atoms with Crippen LogP contribution in [0.3, 0.4) is 0 Å². The third-order valence-corrected chi connectivity index (χ3v) is 4.64. The highest BCUT2D eigenvalue weighted by Crippen LogP contribution is 2.41. The Labute approximate surface area is 137 Å². The second-order valence-electron chi connectivity index (χ2n) is 7.80. The molecule has 0 bridgehead atoms. The Morgan fingerprint density at radius 3 is 2.35 bits per heavy atom. The number of carbonyl (C=O) groups excluding carboxylic acids is 3. The number of allylic oxidation sites excluding steroid dienone is 3. The van der Waals surface area contributed by atoms with Gasteiger partial charge in [-0.25, -0.2) is 0 Å². The smallest absolute Gasteiger partial charge is 0.217 e. The van der Waals surface area contributed by atoms with Gasteiger partial charge in [0.15, 0.2) is 11.6 Å². The van der Waals surface area contributed by atoms with Crippen LogP contribution in [0.5, 0.6) is 0 Å². The average molecular weight is 318 g/mol. The number of Topliss-reactive ketones (excluding diaryl/α,β-unsaturated/α-hetero) is 2. The fraction of sp³-hybridized carbons (Fsp3) is 0.611. The van der Waals surface area contributed by atoms with Gasteiger partial charge in [0.25, 0.3) is 0 Å². The molecule has 0 spiro atoms.